The number of anilines is 2. The van der Waals surface area contributed by atoms with Gasteiger partial charge in [0, 0.05) is 23.5 Å². The largest absolute Gasteiger partial charge is 0.497 e. The number of carbonyl (C=O) groups is 3. The minimum atomic E-state index is -0.613. The summed E-state index contributed by atoms with van der Waals surface area (Å²) in [4.78, 5) is 41.3. The third-order valence-electron chi connectivity index (χ3n) is 6.81. The van der Waals surface area contributed by atoms with Gasteiger partial charge in [0.2, 0.25) is 5.91 Å². The van der Waals surface area contributed by atoms with Gasteiger partial charge in [-0.3, -0.25) is 9.59 Å². The van der Waals surface area contributed by atoms with E-state index in [1.54, 1.807) is 37.5 Å². The van der Waals surface area contributed by atoms with Crippen LogP contribution in [0.15, 0.2) is 48.2 Å². The molecule has 1 saturated heterocycles. The van der Waals surface area contributed by atoms with Gasteiger partial charge in [0.25, 0.3) is 5.91 Å². The van der Waals surface area contributed by atoms with Gasteiger partial charge in [0.05, 0.1) is 7.11 Å². The number of hydrogen-bond acceptors (Lipinski definition) is 5. The van der Waals surface area contributed by atoms with Gasteiger partial charge in [-0.1, -0.05) is 19.9 Å². The Balaban J connectivity index is 1.49. The average molecular weight is 491 g/mol. The Morgan fingerprint density at radius 1 is 1.19 bits per heavy atom. The number of carbonyl (C=O) groups excluding carboxylic acids is 3. The molecular formula is C28H34N4O4. The normalized spacial score (nSPS) is 19.8. The number of amides is 4. The second-order valence-corrected chi connectivity index (χ2v) is 10.0. The smallest absolute Gasteiger partial charge is 0.329 e. The van der Waals surface area contributed by atoms with Gasteiger partial charge < -0.3 is 20.3 Å². The van der Waals surface area contributed by atoms with Crippen molar-refractivity contribution in [3.05, 3.63) is 59.3 Å². The number of rotatable bonds is 7. The number of imide groups is 1. The van der Waals surface area contributed by atoms with Crippen LogP contribution < -0.4 is 20.3 Å². The van der Waals surface area contributed by atoms with Crippen LogP contribution in [0.1, 0.15) is 57.6 Å². The fourth-order valence-corrected chi connectivity index (χ4v) is 5.15. The number of methoxy groups -OCH3 is 1. The van der Waals surface area contributed by atoms with Crippen LogP contribution in [0.4, 0.5) is 16.2 Å². The molecule has 1 atom stereocenters. The molecular weight excluding hydrogens is 456 g/mol. The van der Waals surface area contributed by atoms with Crippen molar-refractivity contribution < 1.29 is 19.1 Å². The molecule has 4 rings (SSSR count). The third-order valence-corrected chi connectivity index (χ3v) is 6.81. The van der Waals surface area contributed by atoms with Crippen LogP contribution in [0.3, 0.4) is 0 Å². The van der Waals surface area contributed by atoms with Crippen molar-refractivity contribution in [3.8, 4) is 5.75 Å². The van der Waals surface area contributed by atoms with Crippen LogP contribution in [0.2, 0.25) is 0 Å². The maximum absolute atomic E-state index is 12.9. The van der Waals surface area contributed by atoms with Crippen LogP contribution in [0, 0.1) is 0 Å². The standard InChI is InChI=1S/C28H34N4O4/c1-6-13-32-24-12-7-19(14-22(24)18(2)16-28(32,3)4)15-23-26(34)31(27(35)30-23)17-25(33)29-20-8-10-21(36-5)11-9-20/h7-12,14-15,18H,6,13,16-17H2,1-5H3,(H,29,33)(H,30,35)/b23-15+. The Morgan fingerprint density at radius 2 is 1.92 bits per heavy atom. The van der Waals surface area contributed by atoms with Crippen molar-refractivity contribution in [2.75, 3.05) is 30.4 Å². The summed E-state index contributed by atoms with van der Waals surface area (Å²) in [6.07, 6.45) is 3.77. The molecule has 2 aromatic carbocycles. The predicted molar refractivity (Wildman–Crippen MR) is 141 cm³/mol. The minimum Gasteiger partial charge on any atom is -0.497 e. The number of nitrogens with zero attached hydrogens (tertiary/aromatic N) is 2. The van der Waals surface area contributed by atoms with E-state index < -0.39 is 17.8 Å². The summed E-state index contributed by atoms with van der Waals surface area (Å²) < 4.78 is 5.11. The summed E-state index contributed by atoms with van der Waals surface area (Å²) in [5.74, 6) is 0.0410. The third kappa shape index (κ3) is 5.08. The first kappa shape index (κ1) is 25.3. The molecule has 2 aliphatic heterocycles. The highest BCUT2D eigenvalue weighted by Crippen LogP contribution is 2.43. The van der Waals surface area contributed by atoms with Gasteiger partial charge in [-0.15, -0.1) is 0 Å². The monoisotopic (exact) mass is 490 g/mol. The van der Waals surface area contributed by atoms with Crippen LogP contribution in [-0.4, -0.2) is 48.5 Å². The zero-order valence-electron chi connectivity index (χ0n) is 21.6. The molecule has 190 valence electrons. The van der Waals surface area contributed by atoms with Crippen molar-refractivity contribution in [3.63, 3.8) is 0 Å². The lowest BCUT2D eigenvalue weighted by Crippen LogP contribution is -2.48. The van der Waals surface area contributed by atoms with Crippen molar-refractivity contribution in [1.29, 1.82) is 0 Å². The number of hydrogen-bond donors (Lipinski definition) is 2. The molecule has 0 bridgehead atoms. The molecule has 8 heteroatoms. The van der Waals surface area contributed by atoms with Crippen LogP contribution >= 0.6 is 0 Å². The van der Waals surface area contributed by atoms with Gasteiger partial charge in [0.1, 0.15) is 18.0 Å². The summed E-state index contributed by atoms with van der Waals surface area (Å²) in [6, 6.07) is 12.4. The second kappa shape index (κ2) is 10.0. The van der Waals surface area contributed by atoms with Crippen molar-refractivity contribution in [2.45, 2.75) is 52.0 Å². The maximum atomic E-state index is 12.9. The Bertz CT molecular complexity index is 1200. The molecule has 0 spiro atoms. The predicted octanol–water partition coefficient (Wildman–Crippen LogP) is 4.73. The highest BCUT2D eigenvalue weighted by atomic mass is 16.5. The first-order chi connectivity index (χ1) is 17.1. The van der Waals surface area contributed by atoms with E-state index in [-0.39, 0.29) is 17.8 Å². The molecule has 0 aromatic heterocycles. The van der Waals surface area contributed by atoms with E-state index in [9.17, 15) is 14.4 Å². The van der Waals surface area contributed by atoms with Crippen molar-refractivity contribution >= 4 is 35.3 Å². The number of fused-ring (bicyclic) bond motifs is 1. The highest BCUT2D eigenvalue weighted by molar-refractivity contribution is 6.16. The van der Waals surface area contributed by atoms with E-state index in [1.165, 1.54) is 11.3 Å². The molecule has 2 N–H and O–H groups in total. The SMILES string of the molecule is CCCN1c2ccc(/C=C3/NC(=O)N(CC(=O)Nc4ccc(OC)cc4)C3=O)cc2C(C)CC1(C)C. The maximum Gasteiger partial charge on any atom is 0.329 e. The van der Waals surface area contributed by atoms with Crippen LogP contribution in [0.5, 0.6) is 5.75 Å². The minimum absolute atomic E-state index is 0.0741. The molecule has 0 saturated carbocycles. The Kier molecular flexibility index (Phi) is 7.06. The lowest BCUT2D eigenvalue weighted by Gasteiger charge is -2.47. The fourth-order valence-electron chi connectivity index (χ4n) is 5.15. The number of urea groups is 1. The molecule has 4 amide bonds. The molecule has 2 aliphatic rings. The summed E-state index contributed by atoms with van der Waals surface area (Å²) >= 11 is 0. The van der Waals surface area contributed by atoms with E-state index >= 15 is 0 Å². The van der Waals surface area contributed by atoms with Gasteiger partial charge >= 0.3 is 6.03 Å². The molecule has 2 aromatic rings. The highest BCUT2D eigenvalue weighted by Gasteiger charge is 2.37. The van der Waals surface area contributed by atoms with Gasteiger partial charge in [-0.2, -0.15) is 0 Å². The molecule has 1 unspecified atom stereocenters. The molecule has 0 radical (unpaired) electrons. The number of ether oxygens (including phenoxy) is 1. The summed E-state index contributed by atoms with van der Waals surface area (Å²) in [6.45, 7) is 9.58. The summed E-state index contributed by atoms with van der Waals surface area (Å²) in [5, 5.41) is 5.30. The van der Waals surface area contributed by atoms with Crippen molar-refractivity contribution in [2.24, 2.45) is 0 Å². The van der Waals surface area contributed by atoms with Crippen molar-refractivity contribution in [1.82, 2.24) is 10.2 Å². The van der Waals surface area contributed by atoms with E-state index in [2.05, 4.69) is 55.4 Å². The zero-order chi connectivity index (χ0) is 26.0. The van der Waals surface area contributed by atoms with Gasteiger partial charge in [-0.25, -0.2) is 9.69 Å². The van der Waals surface area contributed by atoms with E-state index in [0.717, 1.165) is 29.8 Å². The Hall–Kier alpha value is -3.81. The Morgan fingerprint density at radius 3 is 2.58 bits per heavy atom. The average Bonchev–Trinajstić information content (AvgIpc) is 3.09. The fraction of sp³-hybridized carbons (Fsp3) is 0.393. The first-order valence-corrected chi connectivity index (χ1v) is 12.3. The summed E-state index contributed by atoms with van der Waals surface area (Å²) in [7, 11) is 1.56. The second-order valence-electron chi connectivity index (χ2n) is 10.0. The first-order valence-electron chi connectivity index (χ1n) is 12.3. The van der Waals surface area contributed by atoms with Crippen LogP contribution in [0.25, 0.3) is 6.08 Å². The number of nitrogens with one attached hydrogen (secondary N) is 2. The molecule has 2 heterocycles. The quantitative estimate of drug-likeness (QED) is 0.433. The van der Waals surface area contributed by atoms with Gasteiger partial charge in [0.15, 0.2) is 0 Å². The topological polar surface area (TPSA) is 91.0 Å². The zero-order valence-corrected chi connectivity index (χ0v) is 21.6. The summed E-state index contributed by atoms with van der Waals surface area (Å²) in [5.41, 5.74) is 4.08. The molecule has 36 heavy (non-hydrogen) atoms. The molecule has 0 aliphatic carbocycles. The lowest BCUT2D eigenvalue weighted by molar-refractivity contribution is -0.127. The molecule has 8 nitrogen and oxygen atoms in total. The molecule has 1 fully saturated rings. The van der Waals surface area contributed by atoms with E-state index in [0.29, 0.717) is 17.4 Å². The van der Waals surface area contributed by atoms with Gasteiger partial charge in [-0.05, 0) is 86.2 Å². The van der Waals surface area contributed by atoms with E-state index in [1.807, 2.05) is 6.07 Å². The van der Waals surface area contributed by atoms with Crippen LogP contribution in [-0.2, 0) is 9.59 Å². The Labute approximate surface area is 212 Å². The van der Waals surface area contributed by atoms with E-state index in [4.69, 9.17) is 4.74 Å². The lowest BCUT2D eigenvalue weighted by atomic mass is 9.79. The number of benzene rings is 2.